The highest BCUT2D eigenvalue weighted by atomic mass is 16.5. The molecule has 70 valence electrons. The number of nitrogens with zero attached hydrogens (tertiary/aromatic N) is 1. The maximum absolute atomic E-state index is 10.7. The van der Waals surface area contributed by atoms with Crippen molar-refractivity contribution in [1.82, 2.24) is 4.90 Å². The van der Waals surface area contributed by atoms with Gasteiger partial charge < -0.3 is 14.7 Å². The number of likely N-dealkylation sites (tertiary alicyclic amines) is 1. The lowest BCUT2D eigenvalue weighted by atomic mass is 10.1. The van der Waals surface area contributed by atoms with Gasteiger partial charge in [-0.25, -0.2) is 4.79 Å². The van der Waals surface area contributed by atoms with Crippen LogP contribution in [0.3, 0.4) is 0 Å². The summed E-state index contributed by atoms with van der Waals surface area (Å²) in [6.45, 7) is 1.33. The van der Waals surface area contributed by atoms with Crippen molar-refractivity contribution in [3.8, 4) is 0 Å². The Kier molecular flexibility index (Phi) is 3.34. The molecule has 0 aromatic heterocycles. The van der Waals surface area contributed by atoms with E-state index < -0.39 is 6.09 Å². The highest BCUT2D eigenvalue weighted by molar-refractivity contribution is 5.65. The van der Waals surface area contributed by atoms with Crippen LogP contribution in [0.5, 0.6) is 0 Å². The van der Waals surface area contributed by atoms with E-state index in [9.17, 15) is 4.79 Å². The van der Waals surface area contributed by atoms with Gasteiger partial charge in [0.15, 0.2) is 0 Å². The zero-order chi connectivity index (χ0) is 8.97. The van der Waals surface area contributed by atoms with Crippen LogP contribution >= 0.6 is 0 Å². The van der Waals surface area contributed by atoms with Gasteiger partial charge in [-0.1, -0.05) is 0 Å². The first kappa shape index (κ1) is 9.32. The van der Waals surface area contributed by atoms with Gasteiger partial charge in [-0.2, -0.15) is 0 Å². The van der Waals surface area contributed by atoms with Gasteiger partial charge in [-0.15, -0.1) is 0 Å². The van der Waals surface area contributed by atoms with Gasteiger partial charge in [-0.05, 0) is 19.3 Å². The number of amides is 1. The summed E-state index contributed by atoms with van der Waals surface area (Å²) in [5.74, 6) is 0. The Bertz CT molecular complexity index is 160. The van der Waals surface area contributed by atoms with Crippen molar-refractivity contribution in [2.75, 3.05) is 20.3 Å². The maximum atomic E-state index is 10.7. The fraction of sp³-hybridized carbons (Fsp3) is 0.875. The standard InChI is InChI=1S/C8H15NO3/c1-12-6-4-7-3-2-5-9(7)8(10)11/h7H,2-6H2,1H3,(H,10,11). The first-order chi connectivity index (χ1) is 5.75. The van der Waals surface area contributed by atoms with Crippen LogP contribution in [-0.2, 0) is 4.74 Å². The van der Waals surface area contributed by atoms with E-state index in [0.717, 1.165) is 19.3 Å². The molecule has 0 aliphatic carbocycles. The first-order valence-corrected chi connectivity index (χ1v) is 4.24. The van der Waals surface area contributed by atoms with Crippen LogP contribution in [0, 0.1) is 0 Å². The molecule has 1 rings (SSSR count). The number of carbonyl (C=O) groups is 1. The molecule has 0 aromatic carbocycles. The SMILES string of the molecule is COCCC1CCCN1C(=O)O. The summed E-state index contributed by atoms with van der Waals surface area (Å²) < 4.78 is 4.91. The second kappa shape index (κ2) is 4.30. The van der Waals surface area contributed by atoms with E-state index >= 15 is 0 Å². The lowest BCUT2D eigenvalue weighted by Crippen LogP contribution is -2.34. The molecule has 0 aromatic rings. The Labute approximate surface area is 72.1 Å². The lowest BCUT2D eigenvalue weighted by molar-refractivity contribution is 0.123. The summed E-state index contributed by atoms with van der Waals surface area (Å²) in [5.41, 5.74) is 0. The molecule has 1 saturated heterocycles. The van der Waals surface area contributed by atoms with E-state index in [2.05, 4.69) is 0 Å². The minimum Gasteiger partial charge on any atom is -0.465 e. The fourth-order valence-electron chi connectivity index (χ4n) is 1.64. The van der Waals surface area contributed by atoms with Crippen LogP contribution < -0.4 is 0 Å². The van der Waals surface area contributed by atoms with Crippen molar-refractivity contribution in [3.63, 3.8) is 0 Å². The van der Waals surface area contributed by atoms with Gasteiger partial charge in [0.25, 0.3) is 0 Å². The van der Waals surface area contributed by atoms with E-state index in [1.165, 1.54) is 4.90 Å². The van der Waals surface area contributed by atoms with E-state index in [1.807, 2.05) is 0 Å². The predicted octanol–water partition coefficient (Wildman–Crippen LogP) is 1.17. The average molecular weight is 173 g/mol. The Morgan fingerprint density at radius 3 is 3.08 bits per heavy atom. The molecule has 0 radical (unpaired) electrons. The molecule has 1 aliphatic heterocycles. The predicted molar refractivity (Wildman–Crippen MR) is 44.2 cm³/mol. The van der Waals surface area contributed by atoms with Crippen LogP contribution in [0.1, 0.15) is 19.3 Å². The summed E-state index contributed by atoms with van der Waals surface area (Å²) in [7, 11) is 1.64. The van der Waals surface area contributed by atoms with Crippen molar-refractivity contribution in [2.45, 2.75) is 25.3 Å². The van der Waals surface area contributed by atoms with Gasteiger partial charge in [0.1, 0.15) is 0 Å². The van der Waals surface area contributed by atoms with Gasteiger partial charge >= 0.3 is 6.09 Å². The zero-order valence-corrected chi connectivity index (χ0v) is 7.32. The number of methoxy groups -OCH3 is 1. The van der Waals surface area contributed by atoms with Crippen molar-refractivity contribution in [1.29, 1.82) is 0 Å². The molecule has 0 saturated carbocycles. The molecular formula is C8H15NO3. The molecule has 4 heteroatoms. The number of rotatable bonds is 3. The Hall–Kier alpha value is -0.770. The summed E-state index contributed by atoms with van der Waals surface area (Å²) in [6.07, 6.45) is 1.99. The van der Waals surface area contributed by atoms with Crippen LogP contribution in [0.25, 0.3) is 0 Å². The Balaban J connectivity index is 2.35. The monoisotopic (exact) mass is 173 g/mol. The lowest BCUT2D eigenvalue weighted by Gasteiger charge is -2.20. The Morgan fingerprint density at radius 2 is 2.50 bits per heavy atom. The van der Waals surface area contributed by atoms with Crippen LogP contribution in [0.4, 0.5) is 4.79 Å². The molecule has 1 amide bonds. The van der Waals surface area contributed by atoms with E-state index in [4.69, 9.17) is 9.84 Å². The van der Waals surface area contributed by atoms with E-state index in [-0.39, 0.29) is 6.04 Å². The molecule has 1 atom stereocenters. The topological polar surface area (TPSA) is 49.8 Å². The molecule has 12 heavy (non-hydrogen) atoms. The van der Waals surface area contributed by atoms with Crippen molar-refractivity contribution >= 4 is 6.09 Å². The van der Waals surface area contributed by atoms with Gasteiger partial charge in [0.2, 0.25) is 0 Å². The third-order valence-electron chi connectivity index (χ3n) is 2.28. The van der Waals surface area contributed by atoms with Crippen LogP contribution in [0.15, 0.2) is 0 Å². The molecule has 1 fully saturated rings. The zero-order valence-electron chi connectivity index (χ0n) is 7.32. The molecule has 4 nitrogen and oxygen atoms in total. The molecule has 1 heterocycles. The molecule has 1 aliphatic rings. The minimum atomic E-state index is -0.798. The normalized spacial score (nSPS) is 23.1. The smallest absolute Gasteiger partial charge is 0.407 e. The number of hydrogen-bond donors (Lipinski definition) is 1. The Morgan fingerprint density at radius 1 is 1.75 bits per heavy atom. The number of ether oxygens (including phenoxy) is 1. The van der Waals surface area contributed by atoms with E-state index in [1.54, 1.807) is 7.11 Å². The van der Waals surface area contributed by atoms with Crippen molar-refractivity contribution < 1.29 is 14.6 Å². The third-order valence-corrected chi connectivity index (χ3v) is 2.28. The minimum absolute atomic E-state index is 0.183. The molecule has 0 spiro atoms. The molecule has 1 N–H and O–H groups in total. The highest BCUT2D eigenvalue weighted by Gasteiger charge is 2.27. The summed E-state index contributed by atoms with van der Waals surface area (Å²) >= 11 is 0. The van der Waals surface area contributed by atoms with Crippen LogP contribution in [0.2, 0.25) is 0 Å². The summed E-state index contributed by atoms with van der Waals surface area (Å²) in [5, 5.41) is 8.77. The van der Waals surface area contributed by atoms with E-state index in [0.29, 0.717) is 13.2 Å². The van der Waals surface area contributed by atoms with Gasteiger partial charge in [0, 0.05) is 26.3 Å². The fourth-order valence-corrected chi connectivity index (χ4v) is 1.64. The maximum Gasteiger partial charge on any atom is 0.407 e. The number of hydrogen-bond acceptors (Lipinski definition) is 2. The molecular weight excluding hydrogens is 158 g/mol. The van der Waals surface area contributed by atoms with Gasteiger partial charge in [-0.3, -0.25) is 0 Å². The molecule has 0 bridgehead atoms. The summed E-state index contributed by atoms with van der Waals surface area (Å²) in [6, 6.07) is 0.183. The second-order valence-corrected chi connectivity index (χ2v) is 3.05. The summed E-state index contributed by atoms with van der Waals surface area (Å²) in [4.78, 5) is 12.2. The quantitative estimate of drug-likeness (QED) is 0.696. The molecule has 1 unspecified atom stereocenters. The van der Waals surface area contributed by atoms with Crippen LogP contribution in [-0.4, -0.2) is 42.4 Å². The third kappa shape index (κ3) is 2.11. The average Bonchev–Trinajstić information content (AvgIpc) is 2.48. The van der Waals surface area contributed by atoms with Gasteiger partial charge in [0.05, 0.1) is 0 Å². The highest BCUT2D eigenvalue weighted by Crippen LogP contribution is 2.19. The van der Waals surface area contributed by atoms with Crippen molar-refractivity contribution in [3.05, 3.63) is 0 Å². The largest absolute Gasteiger partial charge is 0.465 e. The van der Waals surface area contributed by atoms with Crippen molar-refractivity contribution in [2.24, 2.45) is 0 Å². The first-order valence-electron chi connectivity index (χ1n) is 4.24. The second-order valence-electron chi connectivity index (χ2n) is 3.05. The number of carboxylic acid groups (broad SMARTS) is 1.